The molecule has 2 saturated heterocycles. The zero-order valence-electron chi connectivity index (χ0n) is 13.6. The van der Waals surface area contributed by atoms with Gasteiger partial charge in [-0.2, -0.15) is 0 Å². The molecule has 4 heteroatoms. The lowest BCUT2D eigenvalue weighted by atomic mass is 9.89. The molecule has 22 heavy (non-hydrogen) atoms. The van der Waals surface area contributed by atoms with Crippen LogP contribution in [0, 0.1) is 5.92 Å². The Labute approximate surface area is 133 Å². The van der Waals surface area contributed by atoms with E-state index in [-0.39, 0.29) is 5.91 Å². The van der Waals surface area contributed by atoms with Gasteiger partial charge < -0.3 is 15.5 Å². The third-order valence-corrected chi connectivity index (χ3v) is 4.75. The first-order valence-electron chi connectivity index (χ1n) is 8.38. The summed E-state index contributed by atoms with van der Waals surface area (Å²) in [6.45, 7) is 0.890. The number of hydrogen-bond acceptors (Lipinski definition) is 3. The summed E-state index contributed by atoms with van der Waals surface area (Å²) in [4.78, 5) is 14.4. The lowest BCUT2D eigenvalue weighted by Crippen LogP contribution is -2.39. The number of fused-ring (bicyclic) bond motifs is 2. The van der Waals surface area contributed by atoms with Crippen molar-refractivity contribution in [2.75, 3.05) is 19.4 Å². The average Bonchev–Trinajstić information content (AvgIpc) is 2.77. The average molecular weight is 301 g/mol. The Morgan fingerprint density at radius 1 is 1.27 bits per heavy atom. The molecule has 2 N–H and O–H groups in total. The van der Waals surface area contributed by atoms with E-state index in [9.17, 15) is 4.79 Å². The van der Waals surface area contributed by atoms with Crippen LogP contribution in [0.4, 0.5) is 5.69 Å². The second kappa shape index (κ2) is 6.80. The Morgan fingerprint density at radius 2 is 2.00 bits per heavy atom. The highest BCUT2D eigenvalue weighted by atomic mass is 16.1. The number of carbonyl (C=O) groups is 1. The van der Waals surface area contributed by atoms with E-state index in [0.717, 1.165) is 25.1 Å². The predicted octanol–water partition coefficient (Wildman–Crippen LogP) is 2.61. The van der Waals surface area contributed by atoms with Crippen LogP contribution in [0.1, 0.15) is 37.7 Å². The first-order chi connectivity index (χ1) is 10.6. The van der Waals surface area contributed by atoms with Gasteiger partial charge in [-0.05, 0) is 63.4 Å². The van der Waals surface area contributed by atoms with E-state index in [1.165, 1.54) is 18.4 Å². The van der Waals surface area contributed by atoms with Crippen molar-refractivity contribution in [3.63, 3.8) is 0 Å². The summed E-state index contributed by atoms with van der Waals surface area (Å²) in [5.74, 6) is 0.706. The fourth-order valence-corrected chi connectivity index (χ4v) is 3.93. The third kappa shape index (κ3) is 4.08. The molecule has 1 aromatic rings. The fraction of sp³-hybridized carbons (Fsp3) is 0.611. The van der Waals surface area contributed by atoms with Gasteiger partial charge in [0, 0.05) is 30.7 Å². The number of nitrogens with zero attached hydrogens (tertiary/aromatic N) is 1. The van der Waals surface area contributed by atoms with Crippen molar-refractivity contribution in [1.82, 2.24) is 10.2 Å². The second-order valence-corrected chi connectivity index (χ2v) is 7.17. The topological polar surface area (TPSA) is 44.4 Å². The van der Waals surface area contributed by atoms with Gasteiger partial charge in [-0.15, -0.1) is 0 Å². The van der Waals surface area contributed by atoms with Crippen molar-refractivity contribution in [3.05, 3.63) is 29.8 Å². The molecule has 3 rings (SSSR count). The Hall–Kier alpha value is -1.39. The first-order valence-corrected chi connectivity index (χ1v) is 8.38. The molecule has 1 aromatic carbocycles. The van der Waals surface area contributed by atoms with Gasteiger partial charge in [0.05, 0.1) is 0 Å². The summed E-state index contributed by atoms with van der Waals surface area (Å²) >= 11 is 0. The summed E-state index contributed by atoms with van der Waals surface area (Å²) in [7, 11) is 4.10. The van der Waals surface area contributed by atoms with E-state index in [1.807, 2.05) is 12.1 Å². The quantitative estimate of drug-likeness (QED) is 0.878. The number of benzene rings is 1. The number of rotatable bonds is 5. The van der Waals surface area contributed by atoms with Gasteiger partial charge in [0.2, 0.25) is 5.91 Å². The zero-order valence-corrected chi connectivity index (χ0v) is 13.6. The molecule has 0 radical (unpaired) electrons. The van der Waals surface area contributed by atoms with Crippen LogP contribution in [-0.2, 0) is 11.3 Å². The molecule has 0 spiro atoms. The molecular weight excluding hydrogens is 274 g/mol. The van der Waals surface area contributed by atoms with Crippen molar-refractivity contribution in [2.24, 2.45) is 5.92 Å². The molecule has 2 fully saturated rings. The van der Waals surface area contributed by atoms with Gasteiger partial charge in [0.25, 0.3) is 0 Å². The number of anilines is 1. The maximum absolute atomic E-state index is 12.3. The van der Waals surface area contributed by atoms with Crippen molar-refractivity contribution in [3.8, 4) is 0 Å². The summed E-state index contributed by atoms with van der Waals surface area (Å²) in [6, 6.07) is 9.46. The number of nitrogens with one attached hydrogen (secondary N) is 2. The lowest BCUT2D eigenvalue weighted by Gasteiger charge is -2.28. The molecule has 2 unspecified atom stereocenters. The van der Waals surface area contributed by atoms with Gasteiger partial charge in [0.15, 0.2) is 0 Å². The van der Waals surface area contributed by atoms with Gasteiger partial charge in [-0.25, -0.2) is 0 Å². The van der Waals surface area contributed by atoms with Crippen molar-refractivity contribution >= 4 is 11.6 Å². The smallest absolute Gasteiger partial charge is 0.224 e. The fourth-order valence-electron chi connectivity index (χ4n) is 3.93. The second-order valence-electron chi connectivity index (χ2n) is 7.17. The van der Waals surface area contributed by atoms with Crippen LogP contribution in [-0.4, -0.2) is 37.0 Å². The van der Waals surface area contributed by atoms with Crippen LogP contribution in [0.2, 0.25) is 0 Å². The van der Waals surface area contributed by atoms with Crippen molar-refractivity contribution in [1.29, 1.82) is 0 Å². The number of piperidine rings is 1. The molecular formula is C18H27N3O. The zero-order chi connectivity index (χ0) is 15.5. The number of hydrogen-bond donors (Lipinski definition) is 2. The van der Waals surface area contributed by atoms with Gasteiger partial charge >= 0.3 is 0 Å². The Morgan fingerprint density at radius 3 is 2.68 bits per heavy atom. The molecule has 2 aliphatic heterocycles. The number of amides is 1. The van der Waals surface area contributed by atoms with Gasteiger partial charge in [-0.1, -0.05) is 12.1 Å². The molecule has 4 nitrogen and oxygen atoms in total. The normalized spacial score (nSPS) is 27.1. The summed E-state index contributed by atoms with van der Waals surface area (Å²) in [5, 5.41) is 6.71. The SMILES string of the molecule is CN(C)Cc1cccc(NC(=O)CC2CC3CCC(C2)N3)c1. The maximum atomic E-state index is 12.3. The lowest BCUT2D eigenvalue weighted by molar-refractivity contribution is -0.117. The Kier molecular flexibility index (Phi) is 4.79. The monoisotopic (exact) mass is 301 g/mol. The van der Waals surface area contributed by atoms with Gasteiger partial charge in [-0.3, -0.25) is 4.79 Å². The van der Waals surface area contributed by atoms with Crippen LogP contribution in [0.5, 0.6) is 0 Å². The third-order valence-electron chi connectivity index (χ3n) is 4.75. The number of carbonyl (C=O) groups excluding carboxylic acids is 1. The molecule has 0 aromatic heterocycles. The molecule has 0 aliphatic carbocycles. The van der Waals surface area contributed by atoms with Crippen LogP contribution in [0.3, 0.4) is 0 Å². The van der Waals surface area contributed by atoms with Crippen LogP contribution >= 0.6 is 0 Å². The molecule has 1 amide bonds. The highest BCUT2D eigenvalue weighted by Crippen LogP contribution is 2.32. The molecule has 120 valence electrons. The minimum atomic E-state index is 0.160. The highest BCUT2D eigenvalue weighted by Gasteiger charge is 2.34. The minimum Gasteiger partial charge on any atom is -0.326 e. The summed E-state index contributed by atoms with van der Waals surface area (Å²) < 4.78 is 0. The summed E-state index contributed by atoms with van der Waals surface area (Å²) in [5.41, 5.74) is 2.14. The Balaban J connectivity index is 1.53. The molecule has 2 aliphatic rings. The van der Waals surface area contributed by atoms with E-state index in [0.29, 0.717) is 24.4 Å². The Bertz CT molecular complexity index is 517. The standard InChI is InChI=1S/C18H27N3O/c1-21(2)12-13-4-3-5-15(8-13)20-18(22)11-14-9-16-6-7-17(10-14)19-16/h3-5,8,14,16-17,19H,6-7,9-12H2,1-2H3,(H,20,22). The van der Waals surface area contributed by atoms with E-state index in [2.05, 4.69) is 41.8 Å². The maximum Gasteiger partial charge on any atom is 0.224 e. The van der Waals surface area contributed by atoms with Gasteiger partial charge in [0.1, 0.15) is 0 Å². The molecule has 0 saturated carbocycles. The van der Waals surface area contributed by atoms with Crippen molar-refractivity contribution in [2.45, 2.75) is 50.7 Å². The predicted molar refractivity (Wildman–Crippen MR) is 89.7 cm³/mol. The van der Waals surface area contributed by atoms with E-state index >= 15 is 0 Å². The molecule has 2 bridgehead atoms. The molecule has 2 heterocycles. The molecule has 2 atom stereocenters. The van der Waals surface area contributed by atoms with Crippen LogP contribution < -0.4 is 10.6 Å². The summed E-state index contributed by atoms with van der Waals surface area (Å²) in [6.07, 6.45) is 5.55. The van der Waals surface area contributed by atoms with E-state index in [1.54, 1.807) is 0 Å². The van der Waals surface area contributed by atoms with Crippen LogP contribution in [0.15, 0.2) is 24.3 Å². The highest BCUT2D eigenvalue weighted by molar-refractivity contribution is 5.90. The van der Waals surface area contributed by atoms with E-state index < -0.39 is 0 Å². The van der Waals surface area contributed by atoms with Crippen LogP contribution in [0.25, 0.3) is 0 Å². The minimum absolute atomic E-state index is 0.160. The first kappa shape index (κ1) is 15.5. The van der Waals surface area contributed by atoms with Crippen molar-refractivity contribution < 1.29 is 4.79 Å². The largest absolute Gasteiger partial charge is 0.326 e. The van der Waals surface area contributed by atoms with E-state index in [4.69, 9.17) is 0 Å².